The van der Waals surface area contributed by atoms with Crippen molar-refractivity contribution in [1.29, 1.82) is 0 Å². The number of carbonyl (C=O) groups is 1. The molecule has 2 aromatic heterocycles. The predicted octanol–water partition coefficient (Wildman–Crippen LogP) is 0.978. The van der Waals surface area contributed by atoms with E-state index in [-0.39, 0.29) is 11.6 Å². The van der Waals surface area contributed by atoms with E-state index in [1.807, 2.05) is 35.8 Å². The molecule has 2 aromatic rings. The van der Waals surface area contributed by atoms with Crippen LogP contribution in [0.2, 0.25) is 0 Å². The lowest BCUT2D eigenvalue weighted by Gasteiger charge is -2.32. The Morgan fingerprint density at radius 2 is 2.04 bits per heavy atom. The van der Waals surface area contributed by atoms with Crippen LogP contribution in [-0.4, -0.2) is 48.0 Å². The fourth-order valence-electron chi connectivity index (χ4n) is 3.63. The number of hydrogen-bond donors (Lipinski definition) is 0. The van der Waals surface area contributed by atoms with Crippen molar-refractivity contribution in [2.45, 2.75) is 52.6 Å². The molecule has 1 aliphatic heterocycles. The van der Waals surface area contributed by atoms with Crippen molar-refractivity contribution >= 4 is 5.91 Å². The summed E-state index contributed by atoms with van der Waals surface area (Å²) < 4.78 is 4.98. The van der Waals surface area contributed by atoms with Gasteiger partial charge in [0.1, 0.15) is 5.82 Å². The number of carbonyl (C=O) groups excluding carboxylic acids is 1. The summed E-state index contributed by atoms with van der Waals surface area (Å²) in [7, 11) is 1.69. The van der Waals surface area contributed by atoms with Gasteiger partial charge in [0.2, 0.25) is 5.91 Å². The van der Waals surface area contributed by atoms with E-state index >= 15 is 0 Å². The van der Waals surface area contributed by atoms with Gasteiger partial charge in [-0.1, -0.05) is 0 Å². The third-order valence-corrected chi connectivity index (χ3v) is 5.16. The van der Waals surface area contributed by atoms with Gasteiger partial charge in [0.15, 0.2) is 0 Å². The van der Waals surface area contributed by atoms with Crippen LogP contribution in [0.4, 0.5) is 0 Å². The van der Waals surface area contributed by atoms with Crippen LogP contribution in [0.15, 0.2) is 17.2 Å². The van der Waals surface area contributed by atoms with Crippen LogP contribution >= 0.6 is 0 Å². The lowest BCUT2D eigenvalue weighted by atomic mass is 9.93. The smallest absolute Gasteiger partial charge is 0.343 e. The molecule has 1 aliphatic rings. The number of rotatable bonds is 6. The van der Waals surface area contributed by atoms with Gasteiger partial charge in [0.05, 0.1) is 6.20 Å². The molecule has 0 aliphatic carbocycles. The van der Waals surface area contributed by atoms with Gasteiger partial charge in [-0.3, -0.25) is 14.0 Å². The minimum absolute atomic E-state index is 0.0519. The van der Waals surface area contributed by atoms with Crippen LogP contribution in [0.5, 0.6) is 0 Å². The zero-order valence-corrected chi connectivity index (χ0v) is 15.9. The van der Waals surface area contributed by atoms with E-state index in [0.29, 0.717) is 25.4 Å². The Bertz CT molecular complexity index is 810. The van der Waals surface area contributed by atoms with Crippen molar-refractivity contribution in [3.63, 3.8) is 0 Å². The summed E-state index contributed by atoms with van der Waals surface area (Å²) in [6.45, 7) is 6.80. The summed E-state index contributed by atoms with van der Waals surface area (Å²) in [5.74, 6) is 1.53. The van der Waals surface area contributed by atoms with Crippen LogP contribution in [0.3, 0.4) is 0 Å². The molecule has 3 rings (SSSR count). The third kappa shape index (κ3) is 4.05. The zero-order chi connectivity index (χ0) is 18.7. The highest BCUT2D eigenvalue weighted by atomic mass is 16.2. The predicted molar refractivity (Wildman–Crippen MR) is 97.7 cm³/mol. The normalized spacial score (nSPS) is 15.6. The first-order valence-corrected chi connectivity index (χ1v) is 9.37. The van der Waals surface area contributed by atoms with Gasteiger partial charge in [-0.25, -0.2) is 9.48 Å². The number of aryl methyl sites for hydroxylation is 3. The lowest BCUT2D eigenvalue weighted by Crippen LogP contribution is -2.39. The average molecular weight is 360 g/mol. The fraction of sp³-hybridized carbons (Fsp3) is 0.667. The summed E-state index contributed by atoms with van der Waals surface area (Å²) in [6, 6.07) is 0. The summed E-state index contributed by atoms with van der Waals surface area (Å²) in [5.41, 5.74) is 1.06. The van der Waals surface area contributed by atoms with E-state index in [9.17, 15) is 9.59 Å². The van der Waals surface area contributed by atoms with Gasteiger partial charge in [-0.15, -0.1) is 0 Å². The van der Waals surface area contributed by atoms with E-state index in [1.54, 1.807) is 11.6 Å². The molecule has 0 atom stereocenters. The molecule has 8 nitrogen and oxygen atoms in total. The molecule has 0 bridgehead atoms. The molecule has 0 saturated carbocycles. The number of likely N-dealkylation sites (tertiary alicyclic amines) is 1. The molecule has 0 spiro atoms. The van der Waals surface area contributed by atoms with Gasteiger partial charge in [-0.05, 0) is 38.2 Å². The van der Waals surface area contributed by atoms with E-state index in [0.717, 1.165) is 43.7 Å². The van der Waals surface area contributed by atoms with Gasteiger partial charge < -0.3 is 4.90 Å². The third-order valence-electron chi connectivity index (χ3n) is 5.16. The highest BCUT2D eigenvalue weighted by Gasteiger charge is 2.24. The first-order valence-electron chi connectivity index (χ1n) is 9.37. The molecule has 26 heavy (non-hydrogen) atoms. The number of amides is 1. The van der Waals surface area contributed by atoms with E-state index in [2.05, 4.69) is 10.2 Å². The Kier molecular flexibility index (Phi) is 5.58. The van der Waals surface area contributed by atoms with E-state index in [4.69, 9.17) is 0 Å². The topological polar surface area (TPSA) is 78.0 Å². The van der Waals surface area contributed by atoms with Crippen LogP contribution in [0.25, 0.3) is 0 Å². The maximum Gasteiger partial charge on any atom is 0.345 e. The van der Waals surface area contributed by atoms with Crippen molar-refractivity contribution < 1.29 is 4.79 Å². The molecule has 8 heteroatoms. The number of hydrogen-bond acceptors (Lipinski definition) is 4. The summed E-state index contributed by atoms with van der Waals surface area (Å²) >= 11 is 0. The standard InChI is InChI=1S/C18H28N6O2/c1-4-24-16(20-21(3)18(24)26)11-15-5-8-22(9-6-15)17(25)7-10-23-13-14(2)12-19-23/h12-13,15H,4-11H2,1-3H3. The second-order valence-electron chi connectivity index (χ2n) is 7.13. The van der Waals surface area contributed by atoms with Crippen LogP contribution < -0.4 is 5.69 Å². The number of nitrogens with zero attached hydrogens (tertiary/aromatic N) is 6. The molecule has 0 aromatic carbocycles. The quantitative estimate of drug-likeness (QED) is 0.769. The maximum atomic E-state index is 12.4. The van der Waals surface area contributed by atoms with Crippen LogP contribution in [0, 0.1) is 12.8 Å². The Balaban J connectivity index is 1.48. The second-order valence-corrected chi connectivity index (χ2v) is 7.13. The van der Waals surface area contributed by atoms with Crippen molar-refractivity contribution in [3.8, 4) is 0 Å². The average Bonchev–Trinajstić information content (AvgIpc) is 3.16. The summed E-state index contributed by atoms with van der Waals surface area (Å²) in [6.07, 6.45) is 6.98. The summed E-state index contributed by atoms with van der Waals surface area (Å²) in [4.78, 5) is 26.4. The van der Waals surface area contributed by atoms with Crippen molar-refractivity contribution in [3.05, 3.63) is 34.3 Å². The molecule has 0 N–H and O–H groups in total. The molecule has 1 saturated heterocycles. The van der Waals surface area contributed by atoms with E-state index < -0.39 is 0 Å². The first-order chi connectivity index (χ1) is 12.5. The SMILES string of the molecule is CCn1c(CC2CCN(C(=O)CCn3cc(C)cn3)CC2)nn(C)c1=O. The van der Waals surface area contributed by atoms with Gasteiger partial charge >= 0.3 is 5.69 Å². The van der Waals surface area contributed by atoms with Crippen LogP contribution in [0.1, 0.15) is 37.6 Å². The highest BCUT2D eigenvalue weighted by molar-refractivity contribution is 5.76. The maximum absolute atomic E-state index is 12.4. The summed E-state index contributed by atoms with van der Waals surface area (Å²) in [5, 5.41) is 8.60. The molecular formula is C18H28N6O2. The number of piperidine rings is 1. The van der Waals surface area contributed by atoms with E-state index in [1.165, 1.54) is 4.68 Å². The van der Waals surface area contributed by atoms with Gasteiger partial charge in [0, 0.05) is 52.3 Å². The van der Waals surface area contributed by atoms with Crippen molar-refractivity contribution in [2.75, 3.05) is 13.1 Å². The van der Waals surface area contributed by atoms with Crippen LogP contribution in [-0.2, 0) is 31.4 Å². The molecule has 3 heterocycles. The second kappa shape index (κ2) is 7.88. The molecule has 142 valence electrons. The molecule has 0 radical (unpaired) electrons. The number of aromatic nitrogens is 5. The van der Waals surface area contributed by atoms with Gasteiger partial charge in [-0.2, -0.15) is 10.2 Å². The molecule has 1 amide bonds. The van der Waals surface area contributed by atoms with Crippen molar-refractivity contribution in [1.82, 2.24) is 29.0 Å². The Labute approximate surface area is 153 Å². The van der Waals surface area contributed by atoms with Crippen molar-refractivity contribution in [2.24, 2.45) is 13.0 Å². The molecule has 0 unspecified atom stereocenters. The zero-order valence-electron chi connectivity index (χ0n) is 15.9. The minimum atomic E-state index is -0.0519. The Morgan fingerprint density at radius 3 is 2.65 bits per heavy atom. The lowest BCUT2D eigenvalue weighted by molar-refractivity contribution is -0.132. The Hall–Kier alpha value is -2.38. The molecular weight excluding hydrogens is 332 g/mol. The first kappa shape index (κ1) is 18.4. The van der Waals surface area contributed by atoms with Gasteiger partial charge in [0.25, 0.3) is 0 Å². The largest absolute Gasteiger partial charge is 0.345 e. The monoisotopic (exact) mass is 360 g/mol. The molecule has 1 fully saturated rings. The fourth-order valence-corrected chi connectivity index (χ4v) is 3.63. The Morgan fingerprint density at radius 1 is 1.31 bits per heavy atom. The minimum Gasteiger partial charge on any atom is -0.343 e. The highest BCUT2D eigenvalue weighted by Crippen LogP contribution is 2.21.